The van der Waals surface area contributed by atoms with Crippen molar-refractivity contribution in [3.63, 3.8) is 0 Å². The minimum atomic E-state index is -1.38. The average Bonchev–Trinajstić information content (AvgIpc) is 3.10. The Balaban J connectivity index is 2.10. The van der Waals surface area contributed by atoms with Gasteiger partial charge in [-0.3, -0.25) is 4.79 Å². The second-order valence-electron chi connectivity index (χ2n) is 7.19. The zero-order valence-corrected chi connectivity index (χ0v) is 18.1. The van der Waals surface area contributed by atoms with Gasteiger partial charge in [-0.15, -0.1) is 0 Å². The van der Waals surface area contributed by atoms with E-state index in [1.54, 1.807) is 18.2 Å². The van der Waals surface area contributed by atoms with Gasteiger partial charge in [0.15, 0.2) is 0 Å². The zero-order chi connectivity index (χ0) is 22.6. The Hall–Kier alpha value is -2.87. The summed E-state index contributed by atoms with van der Waals surface area (Å²) in [6, 6.07) is 14.1. The highest BCUT2D eigenvalue weighted by Crippen LogP contribution is 2.39. The lowest BCUT2D eigenvalue weighted by Gasteiger charge is -2.30. The SMILES string of the molecule is CCC(O)(c1ccccc1)c1cc(Cl)ccc1NC1=C(C(=O)OC)CN(CCO)C1=O. The summed E-state index contributed by atoms with van der Waals surface area (Å²) in [6.07, 6.45) is 0.347. The fraction of sp³-hybridized carbons (Fsp3) is 0.304. The minimum absolute atomic E-state index is 0.0219. The predicted octanol–water partition coefficient (Wildman–Crippen LogP) is 2.66. The summed E-state index contributed by atoms with van der Waals surface area (Å²) in [6.45, 7) is 1.72. The van der Waals surface area contributed by atoms with Crippen LogP contribution in [0.5, 0.6) is 0 Å². The first-order chi connectivity index (χ1) is 14.8. The molecule has 0 aromatic heterocycles. The smallest absolute Gasteiger partial charge is 0.337 e. The lowest BCUT2D eigenvalue weighted by molar-refractivity contribution is -0.136. The van der Waals surface area contributed by atoms with E-state index < -0.39 is 17.5 Å². The van der Waals surface area contributed by atoms with Gasteiger partial charge in [0.1, 0.15) is 11.3 Å². The molecule has 2 aromatic carbocycles. The Morgan fingerprint density at radius 1 is 1.26 bits per heavy atom. The van der Waals surface area contributed by atoms with E-state index >= 15 is 0 Å². The number of hydrogen-bond donors (Lipinski definition) is 3. The number of carbonyl (C=O) groups excluding carboxylic acids is 2. The second kappa shape index (κ2) is 9.51. The number of anilines is 1. The number of halogens is 1. The van der Waals surface area contributed by atoms with Crippen LogP contribution < -0.4 is 5.32 Å². The van der Waals surface area contributed by atoms with Crippen LogP contribution in [0.15, 0.2) is 59.8 Å². The van der Waals surface area contributed by atoms with Gasteiger partial charge >= 0.3 is 5.97 Å². The van der Waals surface area contributed by atoms with Gasteiger partial charge in [0.05, 0.1) is 25.8 Å². The lowest BCUT2D eigenvalue weighted by atomic mass is 9.83. The van der Waals surface area contributed by atoms with E-state index in [0.717, 1.165) is 0 Å². The number of benzene rings is 2. The molecule has 0 spiro atoms. The Labute approximate surface area is 185 Å². The molecule has 1 heterocycles. The second-order valence-corrected chi connectivity index (χ2v) is 7.63. The number of nitrogens with zero attached hydrogens (tertiary/aromatic N) is 1. The average molecular weight is 445 g/mol. The van der Waals surface area contributed by atoms with Crippen LogP contribution in [-0.4, -0.2) is 53.8 Å². The Morgan fingerprint density at radius 3 is 2.58 bits per heavy atom. The molecule has 0 bridgehead atoms. The first-order valence-corrected chi connectivity index (χ1v) is 10.3. The van der Waals surface area contributed by atoms with Gasteiger partial charge < -0.3 is 25.2 Å². The highest BCUT2D eigenvalue weighted by Gasteiger charge is 2.37. The molecule has 1 amide bonds. The van der Waals surface area contributed by atoms with E-state index in [9.17, 15) is 19.8 Å². The van der Waals surface area contributed by atoms with Crippen molar-refractivity contribution in [1.82, 2.24) is 4.90 Å². The zero-order valence-electron chi connectivity index (χ0n) is 17.4. The van der Waals surface area contributed by atoms with Crippen LogP contribution in [0.25, 0.3) is 0 Å². The highest BCUT2D eigenvalue weighted by atomic mass is 35.5. The van der Waals surface area contributed by atoms with Crippen molar-refractivity contribution in [3.05, 3.63) is 76.0 Å². The molecule has 0 radical (unpaired) electrons. The van der Waals surface area contributed by atoms with Crippen molar-refractivity contribution in [2.75, 3.05) is 32.1 Å². The number of methoxy groups -OCH3 is 1. The number of aliphatic hydroxyl groups excluding tert-OH is 1. The van der Waals surface area contributed by atoms with Crippen molar-refractivity contribution in [2.45, 2.75) is 18.9 Å². The van der Waals surface area contributed by atoms with Crippen LogP contribution in [0, 0.1) is 0 Å². The molecule has 164 valence electrons. The van der Waals surface area contributed by atoms with E-state index in [1.807, 2.05) is 37.3 Å². The number of aliphatic hydroxyl groups is 2. The summed E-state index contributed by atoms with van der Waals surface area (Å²) < 4.78 is 4.84. The molecular weight excluding hydrogens is 420 g/mol. The standard InChI is InChI=1S/C23H25ClN2O5/c1-3-23(30,15-7-5-4-6-8-15)18-13-16(24)9-10-19(18)25-20-17(22(29)31-2)14-26(11-12-27)21(20)28/h4-10,13,25,27,30H,3,11-12,14H2,1-2H3. The minimum Gasteiger partial charge on any atom is -0.466 e. The molecule has 3 rings (SSSR count). The molecule has 3 N–H and O–H groups in total. The normalized spacial score (nSPS) is 15.8. The van der Waals surface area contributed by atoms with Gasteiger partial charge in [-0.1, -0.05) is 48.9 Å². The molecule has 8 heteroatoms. The fourth-order valence-corrected chi connectivity index (χ4v) is 3.89. The van der Waals surface area contributed by atoms with Crippen LogP contribution in [-0.2, 0) is 19.9 Å². The van der Waals surface area contributed by atoms with Crippen molar-refractivity contribution >= 4 is 29.2 Å². The molecule has 7 nitrogen and oxygen atoms in total. The molecule has 1 unspecified atom stereocenters. The molecule has 0 saturated heterocycles. The molecular formula is C23H25ClN2O5. The number of β-amino-alcohol motifs (C(OH)–C–C–N with tert-alkyl or cyclic N) is 1. The van der Waals surface area contributed by atoms with Crippen molar-refractivity contribution in [1.29, 1.82) is 0 Å². The van der Waals surface area contributed by atoms with Gasteiger partial charge in [0, 0.05) is 22.8 Å². The number of amides is 1. The van der Waals surface area contributed by atoms with E-state index in [4.69, 9.17) is 16.3 Å². The quantitative estimate of drug-likeness (QED) is 0.541. The third-order valence-electron chi connectivity index (χ3n) is 5.40. The fourth-order valence-electron chi connectivity index (χ4n) is 3.72. The maximum absolute atomic E-state index is 12.9. The van der Waals surface area contributed by atoms with E-state index in [-0.39, 0.29) is 31.0 Å². The van der Waals surface area contributed by atoms with Crippen molar-refractivity contribution < 1.29 is 24.5 Å². The first-order valence-electron chi connectivity index (χ1n) is 9.92. The molecule has 2 aromatic rings. The molecule has 1 atom stereocenters. The molecule has 1 aliphatic heterocycles. The number of ether oxygens (including phenoxy) is 1. The number of hydrogen-bond acceptors (Lipinski definition) is 6. The highest BCUT2D eigenvalue weighted by molar-refractivity contribution is 6.30. The Bertz CT molecular complexity index is 1010. The largest absolute Gasteiger partial charge is 0.466 e. The summed E-state index contributed by atoms with van der Waals surface area (Å²) >= 11 is 6.25. The maximum atomic E-state index is 12.9. The molecule has 0 aliphatic carbocycles. The van der Waals surface area contributed by atoms with E-state index in [0.29, 0.717) is 28.3 Å². The summed E-state index contributed by atoms with van der Waals surface area (Å²) in [5.41, 5.74) is 0.404. The van der Waals surface area contributed by atoms with Gasteiger partial charge in [-0.05, 0) is 30.2 Å². The summed E-state index contributed by atoms with van der Waals surface area (Å²) in [4.78, 5) is 26.5. The maximum Gasteiger partial charge on any atom is 0.337 e. The van der Waals surface area contributed by atoms with Crippen molar-refractivity contribution in [3.8, 4) is 0 Å². The van der Waals surface area contributed by atoms with E-state index in [1.165, 1.54) is 12.0 Å². The van der Waals surface area contributed by atoms with Crippen LogP contribution in [0.4, 0.5) is 5.69 Å². The van der Waals surface area contributed by atoms with Crippen molar-refractivity contribution in [2.24, 2.45) is 0 Å². The van der Waals surface area contributed by atoms with Gasteiger partial charge in [0.25, 0.3) is 5.91 Å². The summed E-state index contributed by atoms with van der Waals surface area (Å²) in [5.74, 6) is -1.07. The monoisotopic (exact) mass is 444 g/mol. The third-order valence-corrected chi connectivity index (χ3v) is 5.64. The lowest BCUT2D eigenvalue weighted by Crippen LogP contribution is -2.32. The molecule has 0 fully saturated rings. The first kappa shape index (κ1) is 22.8. The van der Waals surface area contributed by atoms with Gasteiger partial charge in [-0.25, -0.2) is 4.79 Å². The number of carbonyl (C=O) groups is 2. The topological polar surface area (TPSA) is 99.1 Å². The van der Waals surface area contributed by atoms with Crippen LogP contribution in [0.2, 0.25) is 5.02 Å². The van der Waals surface area contributed by atoms with Gasteiger partial charge in [0.2, 0.25) is 0 Å². The molecule has 1 aliphatic rings. The molecule has 31 heavy (non-hydrogen) atoms. The summed E-state index contributed by atoms with van der Waals surface area (Å²) in [5, 5.41) is 24.3. The van der Waals surface area contributed by atoms with Crippen LogP contribution in [0.1, 0.15) is 24.5 Å². The summed E-state index contributed by atoms with van der Waals surface area (Å²) in [7, 11) is 1.24. The Morgan fingerprint density at radius 2 is 1.97 bits per heavy atom. The van der Waals surface area contributed by atoms with Crippen LogP contribution in [0.3, 0.4) is 0 Å². The van der Waals surface area contributed by atoms with E-state index in [2.05, 4.69) is 5.32 Å². The van der Waals surface area contributed by atoms with Crippen LogP contribution >= 0.6 is 11.6 Å². The number of rotatable bonds is 8. The third kappa shape index (κ3) is 4.44. The Kier molecular flexibility index (Phi) is 7.00. The number of nitrogens with one attached hydrogen (secondary N) is 1. The predicted molar refractivity (Wildman–Crippen MR) is 118 cm³/mol. The molecule has 0 saturated carbocycles. The number of esters is 1. The van der Waals surface area contributed by atoms with Gasteiger partial charge in [-0.2, -0.15) is 0 Å².